The van der Waals surface area contributed by atoms with Crippen LogP contribution in [-0.2, 0) is 12.8 Å². The van der Waals surface area contributed by atoms with Gasteiger partial charge in [0, 0.05) is 56.2 Å². The van der Waals surface area contributed by atoms with Gasteiger partial charge in [-0.3, -0.25) is 14.8 Å². The second kappa shape index (κ2) is 9.91. The maximum Gasteiger partial charge on any atom is 0.255 e. The first-order valence-corrected chi connectivity index (χ1v) is 11.4. The van der Waals surface area contributed by atoms with Crippen molar-refractivity contribution in [2.24, 2.45) is 5.92 Å². The lowest BCUT2D eigenvalue weighted by Crippen LogP contribution is -2.40. The molecule has 1 N–H and O–H groups in total. The van der Waals surface area contributed by atoms with E-state index in [-0.39, 0.29) is 17.6 Å². The first kappa shape index (κ1) is 21.9. The molecule has 8 heteroatoms. The standard InChI is InChI=1S/C26H25FN6O/c27-22-6-2-1-5-19(22)15-21-8-7-20(16-32-21)26(34)33-13-3-4-18(17-33)14-23-24(29-10-9-28-23)25-30-11-12-31-25/h1-2,5-12,16,18H,3-4,13-15,17H2,(H,30,31)/t18-/m0/s1. The number of carbonyl (C=O) groups is 1. The van der Waals surface area contributed by atoms with Crippen molar-refractivity contribution in [1.29, 1.82) is 0 Å². The van der Waals surface area contributed by atoms with Gasteiger partial charge in [-0.25, -0.2) is 14.4 Å². The quantitative estimate of drug-likeness (QED) is 0.472. The van der Waals surface area contributed by atoms with E-state index in [0.717, 1.165) is 42.9 Å². The molecule has 0 spiro atoms. The summed E-state index contributed by atoms with van der Waals surface area (Å²) in [6, 6.07) is 10.3. The molecule has 1 atom stereocenters. The second-order valence-corrected chi connectivity index (χ2v) is 8.56. The number of H-pyrrole nitrogens is 1. The smallest absolute Gasteiger partial charge is 0.255 e. The first-order chi connectivity index (χ1) is 16.7. The third kappa shape index (κ3) is 4.85. The molecular weight excluding hydrogens is 431 g/mol. The van der Waals surface area contributed by atoms with Gasteiger partial charge in [0.2, 0.25) is 0 Å². The molecular formula is C26H25FN6O. The molecule has 3 aromatic heterocycles. The molecule has 1 aliphatic heterocycles. The van der Waals surface area contributed by atoms with Crippen LogP contribution in [0.5, 0.6) is 0 Å². The van der Waals surface area contributed by atoms with Crippen LogP contribution >= 0.6 is 0 Å². The number of hydrogen-bond donors (Lipinski definition) is 1. The van der Waals surface area contributed by atoms with E-state index in [2.05, 4.69) is 24.9 Å². The number of nitrogens with zero attached hydrogens (tertiary/aromatic N) is 5. The number of imidazole rings is 1. The fourth-order valence-electron chi connectivity index (χ4n) is 4.47. The van der Waals surface area contributed by atoms with Crippen molar-refractivity contribution < 1.29 is 9.18 Å². The maximum atomic E-state index is 13.9. The lowest BCUT2D eigenvalue weighted by atomic mass is 9.92. The zero-order valence-electron chi connectivity index (χ0n) is 18.7. The Labute approximate surface area is 197 Å². The van der Waals surface area contributed by atoms with Crippen molar-refractivity contribution in [3.63, 3.8) is 0 Å². The fourth-order valence-corrected chi connectivity index (χ4v) is 4.47. The first-order valence-electron chi connectivity index (χ1n) is 11.4. The highest BCUT2D eigenvalue weighted by Crippen LogP contribution is 2.25. The van der Waals surface area contributed by atoms with Gasteiger partial charge in [-0.15, -0.1) is 0 Å². The van der Waals surface area contributed by atoms with Gasteiger partial charge in [0.1, 0.15) is 11.5 Å². The predicted octanol–water partition coefficient (Wildman–Crippen LogP) is 4.09. The van der Waals surface area contributed by atoms with E-state index in [9.17, 15) is 9.18 Å². The number of aromatic amines is 1. The minimum absolute atomic E-state index is 0.0277. The second-order valence-electron chi connectivity index (χ2n) is 8.56. The molecule has 1 amide bonds. The molecule has 4 aromatic rings. The molecule has 172 valence electrons. The number of hydrogen-bond acceptors (Lipinski definition) is 5. The highest BCUT2D eigenvalue weighted by atomic mass is 19.1. The summed E-state index contributed by atoms with van der Waals surface area (Å²) < 4.78 is 13.9. The molecule has 1 fully saturated rings. The molecule has 34 heavy (non-hydrogen) atoms. The number of carbonyl (C=O) groups excluding carboxylic acids is 1. The third-order valence-electron chi connectivity index (χ3n) is 6.19. The van der Waals surface area contributed by atoms with Crippen LogP contribution < -0.4 is 0 Å². The van der Waals surface area contributed by atoms with Gasteiger partial charge in [-0.2, -0.15) is 0 Å². The number of halogens is 1. The van der Waals surface area contributed by atoms with Gasteiger partial charge in [-0.1, -0.05) is 18.2 Å². The van der Waals surface area contributed by atoms with Crippen molar-refractivity contribution in [1.82, 2.24) is 29.8 Å². The van der Waals surface area contributed by atoms with Crippen LogP contribution in [0.2, 0.25) is 0 Å². The van der Waals surface area contributed by atoms with Gasteiger partial charge in [0.15, 0.2) is 5.82 Å². The zero-order valence-corrected chi connectivity index (χ0v) is 18.7. The van der Waals surface area contributed by atoms with Crippen LogP contribution in [0.4, 0.5) is 4.39 Å². The molecule has 0 bridgehead atoms. The Hall–Kier alpha value is -3.94. The van der Waals surface area contributed by atoms with Gasteiger partial charge in [0.25, 0.3) is 5.91 Å². The number of rotatable bonds is 6. The summed E-state index contributed by atoms with van der Waals surface area (Å²) in [5, 5.41) is 0. The lowest BCUT2D eigenvalue weighted by molar-refractivity contribution is 0.0672. The maximum absolute atomic E-state index is 13.9. The van der Waals surface area contributed by atoms with Gasteiger partial charge in [0.05, 0.1) is 11.3 Å². The van der Waals surface area contributed by atoms with E-state index in [1.54, 1.807) is 55.2 Å². The summed E-state index contributed by atoms with van der Waals surface area (Å²) in [5.74, 6) is 0.715. The van der Waals surface area contributed by atoms with E-state index in [1.165, 1.54) is 6.07 Å². The number of nitrogens with one attached hydrogen (secondary N) is 1. The fraction of sp³-hybridized carbons (Fsp3) is 0.269. The summed E-state index contributed by atoms with van der Waals surface area (Å²) in [5.41, 5.74) is 3.51. The molecule has 0 radical (unpaired) electrons. The van der Waals surface area contributed by atoms with Crippen molar-refractivity contribution in [2.75, 3.05) is 13.1 Å². The molecule has 7 nitrogen and oxygen atoms in total. The number of likely N-dealkylation sites (tertiary alicyclic amines) is 1. The molecule has 5 rings (SSSR count). The average molecular weight is 457 g/mol. The van der Waals surface area contributed by atoms with E-state index < -0.39 is 0 Å². The van der Waals surface area contributed by atoms with Crippen molar-refractivity contribution in [2.45, 2.75) is 25.7 Å². The van der Waals surface area contributed by atoms with E-state index in [4.69, 9.17) is 0 Å². The van der Waals surface area contributed by atoms with E-state index in [0.29, 0.717) is 29.9 Å². The molecule has 0 unspecified atom stereocenters. The van der Waals surface area contributed by atoms with E-state index in [1.807, 2.05) is 11.0 Å². The van der Waals surface area contributed by atoms with Crippen LogP contribution in [0.15, 0.2) is 67.4 Å². The number of piperidine rings is 1. The molecule has 1 aromatic carbocycles. The summed E-state index contributed by atoms with van der Waals surface area (Å²) in [6.45, 7) is 1.38. The summed E-state index contributed by atoms with van der Waals surface area (Å²) in [4.78, 5) is 35.9. The van der Waals surface area contributed by atoms with Crippen molar-refractivity contribution >= 4 is 5.91 Å². The highest BCUT2D eigenvalue weighted by Gasteiger charge is 2.26. The molecule has 0 saturated carbocycles. The van der Waals surface area contributed by atoms with Gasteiger partial charge < -0.3 is 9.88 Å². The predicted molar refractivity (Wildman–Crippen MR) is 125 cm³/mol. The van der Waals surface area contributed by atoms with Crippen LogP contribution in [0, 0.1) is 11.7 Å². The summed E-state index contributed by atoms with van der Waals surface area (Å²) in [7, 11) is 0. The monoisotopic (exact) mass is 456 g/mol. The Bertz CT molecular complexity index is 1260. The zero-order chi connectivity index (χ0) is 23.3. The average Bonchev–Trinajstić information content (AvgIpc) is 3.41. The van der Waals surface area contributed by atoms with Crippen molar-refractivity contribution in [3.8, 4) is 11.5 Å². The Morgan fingerprint density at radius 3 is 2.74 bits per heavy atom. The Morgan fingerprint density at radius 1 is 1.06 bits per heavy atom. The molecule has 0 aliphatic carbocycles. The molecule has 1 aliphatic rings. The topological polar surface area (TPSA) is 87.7 Å². The lowest BCUT2D eigenvalue weighted by Gasteiger charge is -2.33. The minimum atomic E-state index is -0.248. The van der Waals surface area contributed by atoms with E-state index >= 15 is 0 Å². The third-order valence-corrected chi connectivity index (χ3v) is 6.19. The van der Waals surface area contributed by atoms with Crippen LogP contribution in [0.3, 0.4) is 0 Å². The van der Waals surface area contributed by atoms with Crippen molar-refractivity contribution in [3.05, 3.63) is 95.7 Å². The number of pyridine rings is 1. The summed E-state index contributed by atoms with van der Waals surface area (Å²) >= 11 is 0. The Balaban J connectivity index is 1.25. The van der Waals surface area contributed by atoms with Crippen LogP contribution in [-0.4, -0.2) is 48.8 Å². The number of aromatic nitrogens is 5. The number of amides is 1. The molecule has 1 saturated heterocycles. The molecule has 4 heterocycles. The summed E-state index contributed by atoms with van der Waals surface area (Å²) in [6.07, 6.45) is 11.5. The minimum Gasteiger partial charge on any atom is -0.343 e. The SMILES string of the molecule is O=C(c1ccc(Cc2ccccc2F)nc1)N1CCC[C@@H](Cc2nccnc2-c2ncc[nH]2)C1. The Morgan fingerprint density at radius 2 is 1.94 bits per heavy atom. The number of benzene rings is 1. The van der Waals surface area contributed by atoms with Crippen LogP contribution in [0.1, 0.15) is 40.2 Å². The van der Waals surface area contributed by atoms with Gasteiger partial charge >= 0.3 is 0 Å². The Kier molecular flexibility index (Phi) is 6.38. The normalized spacial score (nSPS) is 15.9. The van der Waals surface area contributed by atoms with Crippen LogP contribution in [0.25, 0.3) is 11.5 Å². The van der Waals surface area contributed by atoms with Gasteiger partial charge in [-0.05, 0) is 48.9 Å². The largest absolute Gasteiger partial charge is 0.343 e. The highest BCUT2D eigenvalue weighted by molar-refractivity contribution is 5.94.